The van der Waals surface area contributed by atoms with Crippen molar-refractivity contribution in [3.05, 3.63) is 87.6 Å². The Balaban J connectivity index is 1.71. The molecule has 3 aliphatic rings. The number of aliphatic carboxylic acids is 2. The van der Waals surface area contributed by atoms with E-state index in [9.17, 15) is 19.8 Å². The van der Waals surface area contributed by atoms with Crippen molar-refractivity contribution in [2.75, 3.05) is 20.1 Å². The number of nitrogens with one attached hydrogen (secondary N) is 1. The van der Waals surface area contributed by atoms with Crippen molar-refractivity contribution in [2.24, 2.45) is 5.92 Å². The molecule has 1 N–H and O–H groups in total. The van der Waals surface area contributed by atoms with Gasteiger partial charge in [0.15, 0.2) is 0 Å². The van der Waals surface area contributed by atoms with Crippen LogP contribution in [-0.4, -0.2) is 42.5 Å². The summed E-state index contributed by atoms with van der Waals surface area (Å²) >= 11 is 0. The summed E-state index contributed by atoms with van der Waals surface area (Å²) in [5.74, 6) is -4.90. The minimum Gasteiger partial charge on any atom is -0.550 e. The van der Waals surface area contributed by atoms with Crippen LogP contribution in [0.25, 0.3) is 17.7 Å². The van der Waals surface area contributed by atoms with Crippen molar-refractivity contribution in [3.8, 4) is 0 Å². The molecular weight excluding hydrogens is 452 g/mol. The first kappa shape index (κ1) is 24.1. The van der Waals surface area contributed by atoms with E-state index in [1.165, 1.54) is 18.1 Å². The first-order valence-electron chi connectivity index (χ1n) is 12.4. The number of allylic oxidation sites excluding steroid dienone is 2. The minimum atomic E-state index is -1.79. The van der Waals surface area contributed by atoms with Gasteiger partial charge < -0.3 is 30.0 Å². The molecule has 1 saturated heterocycles. The predicted octanol–water partition coefficient (Wildman–Crippen LogP) is 2.16. The summed E-state index contributed by atoms with van der Waals surface area (Å²) in [6.07, 6.45) is 7.94. The Morgan fingerprint density at radius 1 is 1.00 bits per heavy atom. The smallest absolute Gasteiger partial charge is 0.0827 e. The third-order valence-corrected chi connectivity index (χ3v) is 7.89. The Kier molecular flexibility index (Phi) is 6.08. The van der Waals surface area contributed by atoms with E-state index in [-0.39, 0.29) is 0 Å². The Hall–Kier alpha value is -3.64. The van der Waals surface area contributed by atoms with Gasteiger partial charge in [0.2, 0.25) is 0 Å². The van der Waals surface area contributed by atoms with Crippen LogP contribution in [0.15, 0.2) is 59.8 Å². The van der Waals surface area contributed by atoms with Crippen LogP contribution in [0.2, 0.25) is 0 Å². The first-order valence-corrected chi connectivity index (χ1v) is 12.4. The van der Waals surface area contributed by atoms with E-state index in [0.29, 0.717) is 5.70 Å². The maximum atomic E-state index is 12.3. The Morgan fingerprint density at radius 2 is 1.67 bits per heavy atom. The molecule has 36 heavy (non-hydrogen) atoms. The topological polar surface area (TPSA) is 95.5 Å². The summed E-state index contributed by atoms with van der Waals surface area (Å²) in [6.45, 7) is 5.07. The van der Waals surface area contributed by atoms with E-state index in [4.69, 9.17) is 0 Å². The van der Waals surface area contributed by atoms with E-state index in [2.05, 4.69) is 41.5 Å². The molecule has 186 valence electrons. The molecule has 2 aliphatic heterocycles. The summed E-state index contributed by atoms with van der Waals surface area (Å²) in [5, 5.41) is 27.2. The number of carbonyl (C=O) groups excluding carboxylic acids is 2. The number of likely N-dealkylation sites (tertiary alicyclic amines) is 1. The molecule has 5 rings (SSSR count). The highest BCUT2D eigenvalue weighted by molar-refractivity contribution is 5.95. The Labute approximate surface area is 211 Å². The molecule has 1 aliphatic carbocycles. The van der Waals surface area contributed by atoms with E-state index >= 15 is 0 Å². The number of hydrogen-bond acceptors (Lipinski definition) is 6. The van der Waals surface area contributed by atoms with Gasteiger partial charge in [-0.05, 0) is 73.2 Å². The Morgan fingerprint density at radius 3 is 2.33 bits per heavy atom. The third-order valence-electron chi connectivity index (χ3n) is 7.89. The molecule has 0 radical (unpaired) electrons. The molecule has 2 aromatic rings. The second-order valence-corrected chi connectivity index (χ2v) is 10.3. The fraction of sp³-hybridized carbons (Fsp3) is 0.333. The quantitative estimate of drug-likeness (QED) is 0.615. The summed E-state index contributed by atoms with van der Waals surface area (Å²) in [6, 6.07) is 14.3. The standard InChI is InChI=1S/C30H32N2O4/c1-18-16-25(27(28(33)34)30(2,31-18)29(35)36)22-11-10-20-9-8-19-6-4-5-7-23(19)26(24(20)17-22)21-12-14-32(3)15-13-21/h4-11,16-17,25,27,31H,12-15H2,1-3H3,(H,33,34)(H,35,36)/p-2. The number of carbonyl (C=O) groups is 2. The molecule has 2 aromatic carbocycles. The largest absolute Gasteiger partial charge is 0.550 e. The number of hydrogen-bond donors (Lipinski definition) is 1. The highest BCUT2D eigenvalue weighted by Gasteiger charge is 2.44. The van der Waals surface area contributed by atoms with Crippen LogP contribution in [0.5, 0.6) is 0 Å². The fourth-order valence-corrected chi connectivity index (χ4v) is 5.96. The minimum absolute atomic E-state index is 0.596. The van der Waals surface area contributed by atoms with Crippen molar-refractivity contribution in [1.29, 1.82) is 0 Å². The van der Waals surface area contributed by atoms with Gasteiger partial charge >= 0.3 is 0 Å². The van der Waals surface area contributed by atoms with E-state index in [1.54, 1.807) is 13.0 Å². The van der Waals surface area contributed by atoms with Gasteiger partial charge in [-0.1, -0.05) is 60.2 Å². The van der Waals surface area contributed by atoms with Gasteiger partial charge in [0, 0.05) is 36.6 Å². The van der Waals surface area contributed by atoms with Crippen LogP contribution in [0.4, 0.5) is 0 Å². The van der Waals surface area contributed by atoms with Crippen LogP contribution in [0.3, 0.4) is 0 Å². The average molecular weight is 483 g/mol. The maximum Gasteiger partial charge on any atom is 0.0827 e. The van der Waals surface area contributed by atoms with Gasteiger partial charge in [-0.15, -0.1) is 0 Å². The van der Waals surface area contributed by atoms with Gasteiger partial charge in [0.25, 0.3) is 0 Å². The number of fused-ring (bicyclic) bond motifs is 2. The van der Waals surface area contributed by atoms with Crippen LogP contribution >= 0.6 is 0 Å². The SMILES string of the molecule is CC1=CC(c2ccc3c(c2)C(=C2CCN(C)CC2)c2ccccc2C=C3)C(C(=O)[O-])C(C)(C(=O)[O-])N1. The van der Waals surface area contributed by atoms with E-state index in [1.807, 2.05) is 30.3 Å². The number of piperidine rings is 1. The molecule has 0 amide bonds. The zero-order valence-electron chi connectivity index (χ0n) is 20.8. The summed E-state index contributed by atoms with van der Waals surface area (Å²) in [5.41, 5.74) is 6.54. The summed E-state index contributed by atoms with van der Waals surface area (Å²) < 4.78 is 0. The monoisotopic (exact) mass is 482 g/mol. The molecule has 0 aromatic heterocycles. The lowest BCUT2D eigenvalue weighted by Gasteiger charge is -2.47. The zero-order valence-corrected chi connectivity index (χ0v) is 20.8. The summed E-state index contributed by atoms with van der Waals surface area (Å²) in [7, 11) is 2.14. The lowest BCUT2D eigenvalue weighted by Crippen LogP contribution is -2.66. The van der Waals surface area contributed by atoms with E-state index < -0.39 is 29.3 Å². The Bertz CT molecular complexity index is 1330. The van der Waals surface area contributed by atoms with Crippen LogP contribution < -0.4 is 15.5 Å². The molecule has 3 unspecified atom stereocenters. The van der Waals surface area contributed by atoms with Crippen LogP contribution in [-0.2, 0) is 9.59 Å². The molecule has 2 heterocycles. The predicted molar refractivity (Wildman–Crippen MR) is 136 cm³/mol. The third kappa shape index (κ3) is 4.05. The number of rotatable bonds is 3. The molecule has 0 spiro atoms. The van der Waals surface area contributed by atoms with Crippen molar-refractivity contribution < 1.29 is 19.8 Å². The van der Waals surface area contributed by atoms with E-state index in [0.717, 1.165) is 53.7 Å². The zero-order chi connectivity index (χ0) is 25.6. The molecule has 6 nitrogen and oxygen atoms in total. The highest BCUT2D eigenvalue weighted by Crippen LogP contribution is 2.43. The summed E-state index contributed by atoms with van der Waals surface area (Å²) in [4.78, 5) is 26.7. The van der Waals surface area contributed by atoms with Crippen molar-refractivity contribution in [3.63, 3.8) is 0 Å². The van der Waals surface area contributed by atoms with Gasteiger partial charge in [-0.3, -0.25) is 0 Å². The maximum absolute atomic E-state index is 12.3. The molecule has 3 atom stereocenters. The number of nitrogens with zero attached hydrogens (tertiary/aromatic N) is 1. The first-order chi connectivity index (χ1) is 17.2. The normalized spacial score (nSPS) is 25.8. The van der Waals surface area contributed by atoms with Gasteiger partial charge in [-0.25, -0.2) is 0 Å². The lowest BCUT2D eigenvalue weighted by atomic mass is 9.70. The van der Waals surface area contributed by atoms with Crippen LogP contribution in [0, 0.1) is 5.92 Å². The lowest BCUT2D eigenvalue weighted by molar-refractivity contribution is -0.329. The van der Waals surface area contributed by atoms with Gasteiger partial charge in [-0.2, -0.15) is 0 Å². The molecule has 0 bridgehead atoms. The number of carboxylic acid groups (broad SMARTS) is 2. The van der Waals surface area contributed by atoms with Gasteiger partial charge in [0.1, 0.15) is 0 Å². The average Bonchev–Trinajstić information content (AvgIpc) is 3.00. The molecule has 0 saturated carbocycles. The van der Waals surface area contributed by atoms with Gasteiger partial charge in [0.05, 0.1) is 11.5 Å². The van der Waals surface area contributed by atoms with Crippen molar-refractivity contribution in [2.45, 2.75) is 38.1 Å². The molecule has 1 fully saturated rings. The fourth-order valence-electron chi connectivity index (χ4n) is 5.96. The highest BCUT2D eigenvalue weighted by atomic mass is 16.4. The van der Waals surface area contributed by atoms with Crippen LogP contribution in [0.1, 0.15) is 60.4 Å². The van der Waals surface area contributed by atoms with Crippen molar-refractivity contribution >= 4 is 29.7 Å². The van der Waals surface area contributed by atoms with Crippen molar-refractivity contribution in [1.82, 2.24) is 10.2 Å². The molecule has 6 heteroatoms. The molecular formula is C30H30N2O4-2. The second-order valence-electron chi connectivity index (χ2n) is 10.3. The second kappa shape index (κ2) is 9.10. The number of benzene rings is 2. The number of carboxylic acids is 2.